The number of fused-ring (bicyclic) bond motifs is 10. The number of hydrogen-bond donors (Lipinski definition) is 1. The van der Waals surface area contributed by atoms with Crippen LogP contribution >= 0.6 is 23.2 Å². The van der Waals surface area contributed by atoms with Gasteiger partial charge in [-0.05, 0) is 49.1 Å². The molecular formula is C54H62Cl2N4O2. The summed E-state index contributed by atoms with van der Waals surface area (Å²) in [5.74, 6) is 1.16. The average molecular weight is 870 g/mol. The van der Waals surface area contributed by atoms with Gasteiger partial charge in [-0.2, -0.15) is 0 Å². The van der Waals surface area contributed by atoms with Crippen LogP contribution < -0.4 is 10.1 Å². The fourth-order valence-electron chi connectivity index (χ4n) is 9.92. The van der Waals surface area contributed by atoms with Gasteiger partial charge in [0, 0.05) is 45.7 Å². The van der Waals surface area contributed by atoms with Crippen LogP contribution in [0.3, 0.4) is 0 Å². The summed E-state index contributed by atoms with van der Waals surface area (Å²) in [7, 11) is 0. The van der Waals surface area contributed by atoms with E-state index < -0.39 is 0 Å². The Kier molecular flexibility index (Phi) is 13.7. The van der Waals surface area contributed by atoms with Crippen LogP contribution in [0.2, 0.25) is 10.0 Å². The number of unbranched alkanes of at least 4 members (excludes halogenated alkanes) is 18. The van der Waals surface area contributed by atoms with Crippen molar-refractivity contribution in [1.29, 1.82) is 0 Å². The normalized spacial score (nSPS) is 12.6. The second-order valence-electron chi connectivity index (χ2n) is 17.9. The molecule has 1 aliphatic rings. The molecule has 3 aromatic heterocycles. The molecular weight excluding hydrogens is 808 g/mol. The van der Waals surface area contributed by atoms with E-state index in [1.807, 2.05) is 6.07 Å². The maximum Gasteiger partial charge on any atom is 0.175 e. The third-order valence-electron chi connectivity index (χ3n) is 13.3. The Bertz CT molecular complexity index is 2840. The molecule has 0 saturated carbocycles. The van der Waals surface area contributed by atoms with Crippen LogP contribution in [0.4, 0.5) is 11.4 Å². The Hall–Kier alpha value is -4.52. The third-order valence-corrected chi connectivity index (χ3v) is 14.0. The Morgan fingerprint density at radius 3 is 1.98 bits per heavy atom. The second-order valence-corrected chi connectivity index (χ2v) is 18.6. The summed E-state index contributed by atoms with van der Waals surface area (Å²) in [4.78, 5) is 10.2. The molecule has 5 aromatic carbocycles. The molecule has 0 spiro atoms. The van der Waals surface area contributed by atoms with Gasteiger partial charge in [0.05, 0.1) is 22.2 Å². The van der Waals surface area contributed by atoms with Crippen LogP contribution in [0.15, 0.2) is 71.1 Å². The lowest BCUT2D eigenvalue weighted by atomic mass is 9.99. The highest BCUT2D eigenvalue weighted by molar-refractivity contribution is 6.43. The summed E-state index contributed by atoms with van der Waals surface area (Å²) in [5.41, 5.74) is 9.22. The summed E-state index contributed by atoms with van der Waals surface area (Å²) >= 11 is 14.5. The summed E-state index contributed by atoms with van der Waals surface area (Å²) in [5, 5.41) is 9.02. The van der Waals surface area contributed by atoms with Crippen molar-refractivity contribution >= 4 is 100 Å². The van der Waals surface area contributed by atoms with Crippen molar-refractivity contribution in [1.82, 2.24) is 14.5 Å². The van der Waals surface area contributed by atoms with Crippen LogP contribution in [-0.2, 0) is 13.0 Å². The molecule has 9 rings (SSSR count). The van der Waals surface area contributed by atoms with Gasteiger partial charge in [-0.3, -0.25) is 0 Å². The minimum absolute atomic E-state index is 0.362. The Balaban J connectivity index is 0.957. The molecule has 0 radical (unpaired) electrons. The van der Waals surface area contributed by atoms with E-state index >= 15 is 0 Å². The molecule has 0 amide bonds. The summed E-state index contributed by atoms with van der Waals surface area (Å²) in [6.07, 6.45) is 27.5. The van der Waals surface area contributed by atoms with Crippen LogP contribution in [0, 0.1) is 0 Å². The molecule has 1 N–H and O–H groups in total. The molecule has 0 unspecified atom stereocenters. The number of nitrogens with one attached hydrogen (secondary N) is 1. The predicted octanol–water partition coefficient (Wildman–Crippen LogP) is 18.3. The highest BCUT2D eigenvalue weighted by Crippen LogP contribution is 2.54. The fourth-order valence-corrected chi connectivity index (χ4v) is 10.4. The fraction of sp³-hybridized carbons (Fsp3) is 0.444. The molecule has 0 fully saturated rings. The molecule has 6 nitrogen and oxygen atoms in total. The largest absolute Gasteiger partial charge is 0.451 e. The van der Waals surface area contributed by atoms with Crippen molar-refractivity contribution in [3.8, 4) is 11.5 Å². The van der Waals surface area contributed by atoms with E-state index in [-0.39, 0.29) is 0 Å². The number of rotatable bonds is 22. The molecule has 324 valence electrons. The average Bonchev–Trinajstić information content (AvgIpc) is 3.81. The van der Waals surface area contributed by atoms with Gasteiger partial charge in [0.15, 0.2) is 22.7 Å². The monoisotopic (exact) mass is 868 g/mol. The quantitative estimate of drug-likeness (QED) is 0.0543. The first-order valence-electron chi connectivity index (χ1n) is 24.0. The lowest BCUT2D eigenvalue weighted by molar-refractivity contribution is 0.482. The maximum atomic E-state index is 7.25. The molecule has 62 heavy (non-hydrogen) atoms. The number of halogens is 2. The van der Waals surface area contributed by atoms with E-state index in [0.717, 1.165) is 47.0 Å². The van der Waals surface area contributed by atoms with E-state index in [2.05, 4.69) is 84.4 Å². The minimum atomic E-state index is 0.362. The van der Waals surface area contributed by atoms with Crippen LogP contribution in [0.1, 0.15) is 148 Å². The number of aromatic nitrogens is 3. The molecule has 0 saturated heterocycles. The van der Waals surface area contributed by atoms with E-state index in [4.69, 9.17) is 42.3 Å². The first-order chi connectivity index (χ1) is 30.5. The highest BCUT2D eigenvalue weighted by atomic mass is 35.5. The van der Waals surface area contributed by atoms with Crippen LogP contribution in [0.25, 0.3) is 65.8 Å². The van der Waals surface area contributed by atoms with Gasteiger partial charge >= 0.3 is 0 Å². The molecule has 0 aliphatic carbocycles. The van der Waals surface area contributed by atoms with Crippen molar-refractivity contribution in [2.24, 2.45) is 0 Å². The Morgan fingerprint density at radius 1 is 0.581 bits per heavy atom. The lowest BCUT2D eigenvalue weighted by Crippen LogP contribution is -2.06. The van der Waals surface area contributed by atoms with Gasteiger partial charge < -0.3 is 19.0 Å². The van der Waals surface area contributed by atoms with Gasteiger partial charge in [-0.1, -0.05) is 183 Å². The van der Waals surface area contributed by atoms with Gasteiger partial charge in [-0.25, -0.2) is 9.97 Å². The van der Waals surface area contributed by atoms with Crippen molar-refractivity contribution < 1.29 is 9.15 Å². The lowest BCUT2D eigenvalue weighted by Gasteiger charge is -2.24. The third kappa shape index (κ3) is 8.84. The predicted molar refractivity (Wildman–Crippen MR) is 265 cm³/mol. The minimum Gasteiger partial charge on any atom is -0.451 e. The molecule has 0 atom stereocenters. The molecule has 1 aliphatic heterocycles. The summed E-state index contributed by atoms with van der Waals surface area (Å²) in [6, 6.07) is 23.6. The molecule has 8 aromatic rings. The van der Waals surface area contributed by atoms with Crippen LogP contribution in [-0.4, -0.2) is 14.5 Å². The number of ether oxygens (including phenoxy) is 1. The number of nitrogens with zero attached hydrogens (tertiary/aromatic N) is 3. The molecule has 4 heterocycles. The van der Waals surface area contributed by atoms with Gasteiger partial charge in [0.2, 0.25) is 0 Å². The Morgan fingerprint density at radius 2 is 1.26 bits per heavy atom. The van der Waals surface area contributed by atoms with E-state index in [0.29, 0.717) is 49.4 Å². The van der Waals surface area contributed by atoms with E-state index in [1.165, 1.54) is 149 Å². The number of anilines is 2. The summed E-state index contributed by atoms with van der Waals surface area (Å²) in [6.45, 7) is 5.52. The number of benzene rings is 5. The standard InChI is InChI=1S/C54H62Cl2N4O2/c1-3-5-7-9-11-13-15-17-19-21-26-36-27-25-29-40-48(36)39-33-43-46(34-41(39)57-40)61-53-49(55)52-54(50(56)51(53)59-43)62-47-35-45-38(32-42(47)58-52)37-28-22-23-30-44(37)60(45)31-24-20-18-16-14-12-10-8-6-4-2/h22-23,25,27-30,32-35,58H,3-21,24,26,31H2,1-2H3. The smallest absolute Gasteiger partial charge is 0.175 e. The van der Waals surface area contributed by atoms with Crippen molar-refractivity contribution in [2.75, 3.05) is 5.32 Å². The number of para-hydroxylation sites is 1. The first kappa shape index (κ1) is 42.8. The number of aryl methyl sites for hydroxylation is 2. The summed E-state index contributed by atoms with van der Waals surface area (Å²) < 4.78 is 15.8. The van der Waals surface area contributed by atoms with Crippen molar-refractivity contribution in [3.63, 3.8) is 0 Å². The van der Waals surface area contributed by atoms with E-state index in [9.17, 15) is 0 Å². The first-order valence-corrected chi connectivity index (χ1v) is 24.8. The maximum absolute atomic E-state index is 7.25. The van der Waals surface area contributed by atoms with Crippen molar-refractivity contribution in [2.45, 2.75) is 155 Å². The molecule has 0 bridgehead atoms. The zero-order valence-electron chi connectivity index (χ0n) is 36.8. The second kappa shape index (κ2) is 19.9. The van der Waals surface area contributed by atoms with Gasteiger partial charge in [-0.15, -0.1) is 0 Å². The Labute approximate surface area is 376 Å². The molecule has 8 heteroatoms. The van der Waals surface area contributed by atoms with Crippen LogP contribution in [0.5, 0.6) is 11.5 Å². The highest BCUT2D eigenvalue weighted by Gasteiger charge is 2.29. The zero-order chi connectivity index (χ0) is 42.4. The van der Waals surface area contributed by atoms with E-state index in [1.54, 1.807) is 0 Å². The van der Waals surface area contributed by atoms with Gasteiger partial charge in [0.1, 0.15) is 26.8 Å². The van der Waals surface area contributed by atoms with Gasteiger partial charge in [0.25, 0.3) is 0 Å². The SMILES string of the molecule is CCCCCCCCCCCCc1cccc2nc3cc4oc5c(Cl)c6c(c(Cl)c5nc4cc3c12)Oc1cc2c(cc1N6)c1ccccc1n2CCCCCCCCCCCC. The topological polar surface area (TPSA) is 65.1 Å². The number of hydrogen-bond acceptors (Lipinski definition) is 5. The van der Waals surface area contributed by atoms with Crippen molar-refractivity contribution in [3.05, 3.63) is 82.3 Å². The zero-order valence-corrected chi connectivity index (χ0v) is 38.3.